The molecule has 1 aromatic heterocycles. The molecule has 0 saturated heterocycles. The summed E-state index contributed by atoms with van der Waals surface area (Å²) in [7, 11) is 0. The molecule has 0 aliphatic carbocycles. The first kappa shape index (κ1) is 31.9. The average Bonchev–Trinajstić information content (AvgIpc) is 3.60. The van der Waals surface area contributed by atoms with Crippen molar-refractivity contribution in [3.05, 3.63) is 205 Å². The monoisotopic (exact) mass is 694 g/mol. The van der Waals surface area contributed by atoms with Crippen LogP contribution in [0.15, 0.2) is 199 Å². The van der Waals surface area contributed by atoms with Gasteiger partial charge in [0.1, 0.15) is 11.2 Å². The lowest BCUT2D eigenvalue weighted by molar-refractivity contribution is 0.632. The van der Waals surface area contributed by atoms with Crippen molar-refractivity contribution in [3.63, 3.8) is 0 Å². The summed E-state index contributed by atoms with van der Waals surface area (Å²) in [5, 5.41) is 2.25. The number of fused-ring (bicyclic) bond motifs is 5. The highest BCUT2D eigenvalue weighted by molar-refractivity contribution is 6.06. The topological polar surface area (TPSA) is 19.6 Å². The number of hydrogen-bond acceptors (Lipinski definition) is 3. The molecule has 10 rings (SSSR count). The van der Waals surface area contributed by atoms with E-state index >= 15 is 0 Å². The number of furan rings is 1. The molecule has 1 aliphatic rings. The molecule has 0 amide bonds. The summed E-state index contributed by atoms with van der Waals surface area (Å²) in [4.78, 5) is 4.73. The second kappa shape index (κ2) is 12.7. The zero-order chi connectivity index (χ0) is 36.2. The Labute approximate surface area is 316 Å². The number of rotatable bonds is 6. The molecule has 0 N–H and O–H groups in total. The Morgan fingerprint density at radius 3 is 1.61 bits per heavy atom. The molecule has 0 fully saturated rings. The van der Waals surface area contributed by atoms with Gasteiger partial charge in [-0.2, -0.15) is 0 Å². The van der Waals surface area contributed by atoms with E-state index in [9.17, 15) is 0 Å². The number of anilines is 6. The lowest BCUT2D eigenvalue weighted by Crippen LogP contribution is -2.30. The average molecular weight is 695 g/mol. The van der Waals surface area contributed by atoms with E-state index in [4.69, 9.17) is 4.42 Å². The van der Waals surface area contributed by atoms with Gasteiger partial charge in [0.2, 0.25) is 0 Å². The van der Waals surface area contributed by atoms with Crippen LogP contribution in [0.3, 0.4) is 0 Å². The van der Waals surface area contributed by atoms with Crippen LogP contribution in [0.25, 0.3) is 44.2 Å². The molecule has 1 aliphatic heterocycles. The third kappa shape index (κ3) is 5.28. The van der Waals surface area contributed by atoms with E-state index in [2.05, 4.69) is 206 Å². The number of nitrogens with zero attached hydrogens (tertiary/aromatic N) is 2. The van der Waals surface area contributed by atoms with E-state index in [1.807, 2.05) is 12.1 Å². The quantitative estimate of drug-likeness (QED) is 0.173. The first-order chi connectivity index (χ1) is 26.5. The molecule has 3 heteroatoms. The van der Waals surface area contributed by atoms with Gasteiger partial charge in [0.25, 0.3) is 0 Å². The summed E-state index contributed by atoms with van der Waals surface area (Å²) in [6, 6.07) is 69.6. The van der Waals surface area contributed by atoms with Gasteiger partial charge >= 0.3 is 0 Å². The molecule has 0 radical (unpaired) electrons. The zero-order valence-electron chi connectivity index (χ0n) is 30.3. The van der Waals surface area contributed by atoms with Crippen molar-refractivity contribution >= 4 is 56.1 Å². The maximum atomic E-state index is 6.35. The van der Waals surface area contributed by atoms with Crippen LogP contribution in [0, 0.1) is 0 Å². The van der Waals surface area contributed by atoms with Gasteiger partial charge < -0.3 is 14.2 Å². The first-order valence-electron chi connectivity index (χ1n) is 18.6. The van der Waals surface area contributed by atoms with Gasteiger partial charge in [0, 0.05) is 45.0 Å². The van der Waals surface area contributed by atoms with Crippen LogP contribution in [0.5, 0.6) is 0 Å². The van der Waals surface area contributed by atoms with Crippen LogP contribution < -0.4 is 9.80 Å². The van der Waals surface area contributed by atoms with Crippen molar-refractivity contribution in [2.45, 2.75) is 19.3 Å². The van der Waals surface area contributed by atoms with Crippen LogP contribution in [0.2, 0.25) is 0 Å². The molecule has 0 atom stereocenters. The highest BCUT2D eigenvalue weighted by atomic mass is 16.3. The van der Waals surface area contributed by atoms with Crippen LogP contribution in [0.1, 0.15) is 25.0 Å². The predicted molar refractivity (Wildman–Crippen MR) is 226 cm³/mol. The number of hydrogen-bond donors (Lipinski definition) is 0. The maximum Gasteiger partial charge on any atom is 0.137 e. The van der Waals surface area contributed by atoms with Crippen LogP contribution >= 0.6 is 0 Å². The molecule has 0 unspecified atom stereocenters. The van der Waals surface area contributed by atoms with Crippen molar-refractivity contribution in [1.29, 1.82) is 0 Å². The van der Waals surface area contributed by atoms with Gasteiger partial charge in [-0.25, -0.2) is 0 Å². The molecule has 2 heterocycles. The summed E-state index contributed by atoms with van der Waals surface area (Å²) in [5.41, 5.74) is 15.8. The normalized spacial score (nSPS) is 13.1. The van der Waals surface area contributed by atoms with E-state index in [1.165, 1.54) is 39.2 Å². The molecule has 9 aromatic rings. The van der Waals surface area contributed by atoms with Crippen molar-refractivity contribution in [2.24, 2.45) is 0 Å². The highest BCUT2D eigenvalue weighted by Crippen LogP contribution is 2.52. The summed E-state index contributed by atoms with van der Waals surface area (Å²) in [5.74, 6) is 0. The van der Waals surface area contributed by atoms with Crippen LogP contribution in [-0.2, 0) is 5.41 Å². The molecule has 0 spiro atoms. The van der Waals surface area contributed by atoms with Crippen LogP contribution in [0.4, 0.5) is 34.1 Å². The minimum atomic E-state index is -0.0974. The van der Waals surface area contributed by atoms with Gasteiger partial charge in [-0.1, -0.05) is 135 Å². The fourth-order valence-corrected chi connectivity index (χ4v) is 8.31. The van der Waals surface area contributed by atoms with E-state index in [0.717, 1.165) is 50.3 Å². The summed E-state index contributed by atoms with van der Waals surface area (Å²) < 4.78 is 6.35. The van der Waals surface area contributed by atoms with Gasteiger partial charge in [-0.05, 0) is 100 Å². The molecule has 258 valence electrons. The Hall–Kier alpha value is -6.84. The Morgan fingerprint density at radius 2 is 0.926 bits per heavy atom. The van der Waals surface area contributed by atoms with E-state index < -0.39 is 0 Å². The molecule has 0 saturated carbocycles. The third-order valence-corrected chi connectivity index (χ3v) is 11.1. The zero-order valence-corrected chi connectivity index (χ0v) is 30.3. The molecular weight excluding hydrogens is 657 g/mol. The highest BCUT2D eigenvalue weighted by Gasteiger charge is 2.36. The fourth-order valence-electron chi connectivity index (χ4n) is 8.31. The van der Waals surface area contributed by atoms with Gasteiger partial charge in [-0.15, -0.1) is 0 Å². The van der Waals surface area contributed by atoms with Gasteiger partial charge in [0.05, 0.1) is 11.4 Å². The second-order valence-corrected chi connectivity index (χ2v) is 14.6. The van der Waals surface area contributed by atoms with Crippen molar-refractivity contribution in [2.75, 3.05) is 9.80 Å². The van der Waals surface area contributed by atoms with Crippen molar-refractivity contribution in [1.82, 2.24) is 0 Å². The summed E-state index contributed by atoms with van der Waals surface area (Å²) in [6.45, 7) is 4.66. The second-order valence-electron chi connectivity index (χ2n) is 14.6. The largest absolute Gasteiger partial charge is 0.456 e. The number of para-hydroxylation sites is 3. The maximum absolute atomic E-state index is 6.35. The Bertz CT molecular complexity index is 2750. The Balaban J connectivity index is 1.04. The Morgan fingerprint density at radius 1 is 0.407 bits per heavy atom. The van der Waals surface area contributed by atoms with Crippen LogP contribution in [-0.4, -0.2) is 0 Å². The van der Waals surface area contributed by atoms with E-state index in [1.54, 1.807) is 0 Å². The SMILES string of the molecule is CC1(C)c2ccccc2N(c2cccc(-c3ccc(N(c4ccc(-c5ccccc5)cc4)c4ccc5c(c4)oc4ccccc45)cc3)c2)c2ccccc21. The summed E-state index contributed by atoms with van der Waals surface area (Å²) in [6.07, 6.45) is 0. The minimum absolute atomic E-state index is 0.0974. The number of benzene rings is 8. The fraction of sp³-hybridized carbons (Fsp3) is 0.0588. The first-order valence-corrected chi connectivity index (χ1v) is 18.6. The van der Waals surface area contributed by atoms with Gasteiger partial charge in [0.15, 0.2) is 0 Å². The van der Waals surface area contributed by atoms with Crippen molar-refractivity contribution in [3.8, 4) is 22.3 Å². The van der Waals surface area contributed by atoms with E-state index in [0.29, 0.717) is 0 Å². The van der Waals surface area contributed by atoms with Crippen molar-refractivity contribution < 1.29 is 4.42 Å². The minimum Gasteiger partial charge on any atom is -0.456 e. The lowest BCUT2D eigenvalue weighted by Gasteiger charge is -2.42. The molecular formula is C51H38N2O. The standard InChI is InChI=1S/C51H38N2O/c1-51(2)45-18-7-9-20-47(45)53(48-21-10-8-19-46(48)51)41-16-12-15-38(33-41)37-25-29-40(30-26-37)52(39-27-23-36(24-28-39)35-13-4-3-5-14-35)42-31-32-44-43-17-6-11-22-49(43)54-50(44)34-42/h3-34H,1-2H3. The van der Waals surface area contributed by atoms with E-state index in [-0.39, 0.29) is 5.41 Å². The molecule has 0 bridgehead atoms. The third-order valence-electron chi connectivity index (χ3n) is 11.1. The van der Waals surface area contributed by atoms with Gasteiger partial charge in [-0.3, -0.25) is 0 Å². The molecule has 54 heavy (non-hydrogen) atoms. The Kier molecular flexibility index (Phi) is 7.48. The molecule has 8 aromatic carbocycles. The summed E-state index contributed by atoms with van der Waals surface area (Å²) >= 11 is 0. The predicted octanol–water partition coefficient (Wildman–Crippen LogP) is 14.5. The lowest BCUT2D eigenvalue weighted by atomic mass is 9.73. The molecule has 3 nitrogen and oxygen atoms in total. The smallest absolute Gasteiger partial charge is 0.137 e.